The minimum Gasteiger partial charge on any atom is -0.351 e. The summed E-state index contributed by atoms with van der Waals surface area (Å²) < 4.78 is 0. The van der Waals surface area contributed by atoms with Gasteiger partial charge in [-0.2, -0.15) is 0 Å². The van der Waals surface area contributed by atoms with E-state index < -0.39 is 0 Å². The third kappa shape index (κ3) is 3.18. The molecule has 2 amide bonds. The molecule has 1 aliphatic heterocycles. The van der Waals surface area contributed by atoms with E-state index in [1.807, 2.05) is 23.1 Å². The van der Waals surface area contributed by atoms with Crippen LogP contribution in [-0.4, -0.2) is 35.8 Å². The maximum Gasteiger partial charge on any atom is 0.224 e. The highest BCUT2D eigenvalue weighted by Crippen LogP contribution is 2.29. The van der Waals surface area contributed by atoms with Crippen LogP contribution in [0, 0.1) is 5.92 Å². The lowest BCUT2D eigenvalue weighted by molar-refractivity contribution is -0.127. The van der Waals surface area contributed by atoms with Crippen LogP contribution in [0.4, 0.5) is 0 Å². The molecule has 1 atom stereocenters. The fraction of sp³-hybridized carbons (Fsp3) is 0.500. The van der Waals surface area contributed by atoms with E-state index in [2.05, 4.69) is 17.4 Å². The van der Waals surface area contributed by atoms with Crippen molar-refractivity contribution in [1.82, 2.24) is 10.2 Å². The van der Waals surface area contributed by atoms with Crippen LogP contribution in [0.3, 0.4) is 0 Å². The van der Waals surface area contributed by atoms with E-state index in [1.165, 1.54) is 5.56 Å². The predicted octanol–water partition coefficient (Wildman–Crippen LogP) is 1.36. The van der Waals surface area contributed by atoms with E-state index in [0.717, 1.165) is 25.8 Å². The molecule has 1 saturated heterocycles. The fourth-order valence-electron chi connectivity index (χ4n) is 2.66. The largest absolute Gasteiger partial charge is 0.351 e. The van der Waals surface area contributed by atoms with Gasteiger partial charge in [-0.1, -0.05) is 30.3 Å². The van der Waals surface area contributed by atoms with Crippen LogP contribution in [0.15, 0.2) is 30.3 Å². The summed E-state index contributed by atoms with van der Waals surface area (Å²) >= 11 is 0. The molecule has 0 spiro atoms. The number of carbonyl (C=O) groups is 2. The summed E-state index contributed by atoms with van der Waals surface area (Å²) in [5, 5.41) is 3.00. The lowest BCUT2D eigenvalue weighted by Gasteiger charge is -2.17. The molecule has 0 aromatic heterocycles. The highest BCUT2D eigenvalue weighted by atomic mass is 16.2. The second-order valence-corrected chi connectivity index (χ2v) is 5.76. The summed E-state index contributed by atoms with van der Waals surface area (Å²) in [4.78, 5) is 25.5. The molecule has 1 heterocycles. The Morgan fingerprint density at radius 3 is 2.70 bits per heavy atom. The molecule has 106 valence electrons. The normalized spacial score (nSPS) is 22.1. The van der Waals surface area contributed by atoms with E-state index >= 15 is 0 Å². The molecule has 2 aliphatic rings. The molecule has 4 nitrogen and oxygen atoms in total. The molecule has 2 fully saturated rings. The standard InChI is InChI=1S/C16H20N2O2/c19-15-10-14(17-16(20)13-6-7-13)11-18(15)9-8-12-4-2-1-3-5-12/h1-5,13-14H,6-11H2,(H,17,20). The first-order chi connectivity index (χ1) is 9.72. The first-order valence-corrected chi connectivity index (χ1v) is 7.34. The second-order valence-electron chi connectivity index (χ2n) is 5.76. The molecule has 1 aliphatic carbocycles. The fourth-order valence-corrected chi connectivity index (χ4v) is 2.66. The van der Waals surface area contributed by atoms with Gasteiger partial charge in [-0.05, 0) is 24.8 Å². The summed E-state index contributed by atoms with van der Waals surface area (Å²) in [6.07, 6.45) is 3.33. The van der Waals surface area contributed by atoms with Crippen LogP contribution >= 0.6 is 0 Å². The third-order valence-electron chi connectivity index (χ3n) is 4.02. The first kappa shape index (κ1) is 13.2. The van der Waals surface area contributed by atoms with Gasteiger partial charge < -0.3 is 10.2 Å². The topological polar surface area (TPSA) is 49.4 Å². The molecule has 3 rings (SSSR count). The summed E-state index contributed by atoms with van der Waals surface area (Å²) in [5.41, 5.74) is 1.24. The molecule has 1 unspecified atom stereocenters. The predicted molar refractivity (Wildman–Crippen MR) is 76.0 cm³/mol. The molecule has 4 heteroatoms. The highest BCUT2D eigenvalue weighted by Gasteiger charge is 2.35. The summed E-state index contributed by atoms with van der Waals surface area (Å²) in [6, 6.07) is 10.2. The van der Waals surface area contributed by atoms with Gasteiger partial charge in [0.1, 0.15) is 0 Å². The van der Waals surface area contributed by atoms with Crippen molar-refractivity contribution in [2.75, 3.05) is 13.1 Å². The number of likely N-dealkylation sites (tertiary alicyclic amines) is 1. The van der Waals surface area contributed by atoms with Crippen LogP contribution < -0.4 is 5.32 Å². The van der Waals surface area contributed by atoms with Crippen molar-refractivity contribution in [2.45, 2.75) is 31.7 Å². The van der Waals surface area contributed by atoms with Crippen LogP contribution in [0.25, 0.3) is 0 Å². The quantitative estimate of drug-likeness (QED) is 0.880. The van der Waals surface area contributed by atoms with E-state index in [9.17, 15) is 9.59 Å². The van der Waals surface area contributed by atoms with Crippen LogP contribution in [0.1, 0.15) is 24.8 Å². The second kappa shape index (κ2) is 5.65. The molecular weight excluding hydrogens is 252 g/mol. The van der Waals surface area contributed by atoms with Gasteiger partial charge in [0.05, 0.1) is 6.04 Å². The average Bonchev–Trinajstić information content (AvgIpc) is 3.24. The van der Waals surface area contributed by atoms with Crippen molar-refractivity contribution in [3.8, 4) is 0 Å². The Morgan fingerprint density at radius 1 is 1.25 bits per heavy atom. The average molecular weight is 272 g/mol. The van der Waals surface area contributed by atoms with Crippen molar-refractivity contribution in [3.63, 3.8) is 0 Å². The van der Waals surface area contributed by atoms with Gasteiger partial charge in [0.25, 0.3) is 0 Å². The van der Waals surface area contributed by atoms with Crippen LogP contribution in [0.5, 0.6) is 0 Å². The Balaban J connectivity index is 1.48. The molecule has 1 saturated carbocycles. The first-order valence-electron chi connectivity index (χ1n) is 7.34. The number of benzene rings is 1. The van der Waals surface area contributed by atoms with E-state index in [4.69, 9.17) is 0 Å². The zero-order chi connectivity index (χ0) is 13.9. The van der Waals surface area contributed by atoms with Crippen molar-refractivity contribution >= 4 is 11.8 Å². The van der Waals surface area contributed by atoms with Gasteiger partial charge in [0.2, 0.25) is 11.8 Å². The summed E-state index contributed by atoms with van der Waals surface area (Å²) in [6.45, 7) is 1.39. The number of hydrogen-bond acceptors (Lipinski definition) is 2. The SMILES string of the molecule is O=C(NC1CC(=O)N(CCc2ccccc2)C1)C1CC1. The number of nitrogens with one attached hydrogen (secondary N) is 1. The van der Waals surface area contributed by atoms with Gasteiger partial charge in [0, 0.05) is 25.4 Å². The van der Waals surface area contributed by atoms with Gasteiger partial charge in [-0.3, -0.25) is 9.59 Å². The van der Waals surface area contributed by atoms with Crippen LogP contribution in [0.2, 0.25) is 0 Å². The van der Waals surface area contributed by atoms with Gasteiger partial charge in [0.15, 0.2) is 0 Å². The minimum absolute atomic E-state index is 0.00590. The zero-order valence-corrected chi connectivity index (χ0v) is 11.5. The molecule has 1 aromatic carbocycles. The highest BCUT2D eigenvalue weighted by molar-refractivity contribution is 5.84. The third-order valence-corrected chi connectivity index (χ3v) is 4.02. The lowest BCUT2D eigenvalue weighted by Crippen LogP contribution is -2.38. The van der Waals surface area contributed by atoms with E-state index in [-0.39, 0.29) is 23.8 Å². The van der Waals surface area contributed by atoms with E-state index in [0.29, 0.717) is 13.0 Å². The number of amides is 2. The molecule has 0 radical (unpaired) electrons. The Labute approximate surface area is 119 Å². The number of nitrogens with zero attached hydrogens (tertiary/aromatic N) is 1. The van der Waals surface area contributed by atoms with Gasteiger partial charge in [-0.15, -0.1) is 0 Å². The maximum absolute atomic E-state index is 11.9. The molecule has 1 aromatic rings. The molecule has 20 heavy (non-hydrogen) atoms. The maximum atomic E-state index is 11.9. The van der Waals surface area contributed by atoms with Crippen molar-refractivity contribution in [3.05, 3.63) is 35.9 Å². The lowest BCUT2D eigenvalue weighted by atomic mass is 10.1. The number of carbonyl (C=O) groups excluding carboxylic acids is 2. The van der Waals surface area contributed by atoms with E-state index in [1.54, 1.807) is 0 Å². The van der Waals surface area contributed by atoms with Gasteiger partial charge in [-0.25, -0.2) is 0 Å². The molecular formula is C16H20N2O2. The summed E-state index contributed by atoms with van der Waals surface area (Å²) in [7, 11) is 0. The van der Waals surface area contributed by atoms with Crippen molar-refractivity contribution in [1.29, 1.82) is 0 Å². The Hall–Kier alpha value is -1.84. The monoisotopic (exact) mass is 272 g/mol. The number of rotatable bonds is 5. The van der Waals surface area contributed by atoms with Crippen molar-refractivity contribution < 1.29 is 9.59 Å². The smallest absolute Gasteiger partial charge is 0.224 e. The Morgan fingerprint density at radius 2 is 2.00 bits per heavy atom. The van der Waals surface area contributed by atoms with Crippen molar-refractivity contribution in [2.24, 2.45) is 5.92 Å². The van der Waals surface area contributed by atoms with Crippen LogP contribution in [-0.2, 0) is 16.0 Å². The van der Waals surface area contributed by atoms with Gasteiger partial charge >= 0.3 is 0 Å². The molecule has 1 N–H and O–H groups in total. The number of hydrogen-bond donors (Lipinski definition) is 1. The Bertz CT molecular complexity index is 496. The Kier molecular flexibility index (Phi) is 3.72. The summed E-state index contributed by atoms with van der Waals surface area (Å²) in [5.74, 6) is 0.498. The zero-order valence-electron chi connectivity index (χ0n) is 11.5. The molecule has 0 bridgehead atoms. The minimum atomic E-state index is 0.00590.